The van der Waals surface area contributed by atoms with E-state index in [9.17, 15) is 14.9 Å². The van der Waals surface area contributed by atoms with Crippen molar-refractivity contribution in [3.8, 4) is 5.69 Å². The number of hydrogen-bond donors (Lipinski definition) is 0. The van der Waals surface area contributed by atoms with Gasteiger partial charge in [-0.05, 0) is 13.0 Å². The summed E-state index contributed by atoms with van der Waals surface area (Å²) >= 11 is 0. The molecule has 0 spiro atoms. The minimum absolute atomic E-state index is 0.104. The fourth-order valence-electron chi connectivity index (χ4n) is 1.54. The molecule has 0 aliphatic rings. The van der Waals surface area contributed by atoms with Crippen molar-refractivity contribution in [2.45, 2.75) is 6.92 Å². The molecule has 1 aromatic heterocycles. The third-order valence-corrected chi connectivity index (χ3v) is 2.34. The Morgan fingerprint density at radius 3 is 2.76 bits per heavy atom. The van der Waals surface area contributed by atoms with Crippen LogP contribution in [0.25, 0.3) is 5.69 Å². The number of nitro benzene ring substituents is 1. The van der Waals surface area contributed by atoms with Gasteiger partial charge in [0.2, 0.25) is 0 Å². The molecule has 2 rings (SSSR count). The van der Waals surface area contributed by atoms with Gasteiger partial charge in [0.25, 0.3) is 5.69 Å². The highest BCUT2D eigenvalue weighted by atomic mass is 16.6. The van der Waals surface area contributed by atoms with Crippen LogP contribution in [0, 0.1) is 17.0 Å². The summed E-state index contributed by atoms with van der Waals surface area (Å²) in [5, 5.41) is 10.6. The Morgan fingerprint density at radius 1 is 1.47 bits per heavy atom. The van der Waals surface area contributed by atoms with Crippen molar-refractivity contribution in [2.24, 2.45) is 0 Å². The number of nitrogens with zero attached hydrogens (tertiary/aromatic N) is 3. The molecule has 0 aliphatic carbocycles. The first kappa shape index (κ1) is 11.0. The van der Waals surface area contributed by atoms with Gasteiger partial charge >= 0.3 is 0 Å². The van der Waals surface area contributed by atoms with Gasteiger partial charge in [-0.2, -0.15) is 0 Å². The number of rotatable bonds is 3. The average molecular weight is 231 g/mol. The number of carbonyl (C=O) groups is 1. The van der Waals surface area contributed by atoms with Crippen LogP contribution in [0.15, 0.2) is 30.7 Å². The zero-order valence-electron chi connectivity index (χ0n) is 9.03. The Morgan fingerprint density at radius 2 is 2.24 bits per heavy atom. The van der Waals surface area contributed by atoms with Crippen molar-refractivity contribution in [3.63, 3.8) is 0 Å². The maximum Gasteiger partial charge on any atom is 0.270 e. The molecule has 86 valence electrons. The molecule has 0 N–H and O–H groups in total. The Labute approximate surface area is 96.7 Å². The van der Waals surface area contributed by atoms with E-state index in [0.717, 1.165) is 5.69 Å². The molecule has 0 bridgehead atoms. The smallest absolute Gasteiger partial charge is 0.270 e. The third kappa shape index (κ3) is 2.05. The van der Waals surface area contributed by atoms with E-state index in [1.165, 1.54) is 18.2 Å². The maximum absolute atomic E-state index is 10.9. The molecular formula is C11H9N3O3. The van der Waals surface area contributed by atoms with Gasteiger partial charge in [-0.1, -0.05) is 0 Å². The second kappa shape index (κ2) is 4.17. The van der Waals surface area contributed by atoms with Crippen molar-refractivity contribution in [2.75, 3.05) is 0 Å². The lowest BCUT2D eigenvalue weighted by atomic mass is 10.1. The fourth-order valence-corrected chi connectivity index (χ4v) is 1.54. The van der Waals surface area contributed by atoms with Gasteiger partial charge in [-0.25, -0.2) is 4.98 Å². The number of imidazole rings is 1. The molecule has 0 unspecified atom stereocenters. The van der Waals surface area contributed by atoms with Crippen LogP contribution in [0.4, 0.5) is 5.69 Å². The highest BCUT2D eigenvalue weighted by molar-refractivity contribution is 5.82. The van der Waals surface area contributed by atoms with E-state index in [0.29, 0.717) is 12.0 Å². The number of carbonyl (C=O) groups excluding carboxylic acids is 1. The molecule has 0 amide bonds. The Balaban J connectivity index is 2.55. The Kier molecular flexibility index (Phi) is 2.70. The lowest BCUT2D eigenvalue weighted by Crippen LogP contribution is -1.98. The van der Waals surface area contributed by atoms with Crippen LogP contribution in [-0.2, 0) is 0 Å². The number of hydrogen-bond acceptors (Lipinski definition) is 4. The Hall–Kier alpha value is -2.50. The van der Waals surface area contributed by atoms with Gasteiger partial charge < -0.3 is 4.57 Å². The molecular weight excluding hydrogens is 222 g/mol. The molecule has 6 heteroatoms. The van der Waals surface area contributed by atoms with Gasteiger partial charge in [0.05, 0.1) is 22.6 Å². The monoisotopic (exact) mass is 231 g/mol. The molecule has 2 aromatic rings. The highest BCUT2D eigenvalue weighted by Crippen LogP contribution is 2.20. The molecule has 0 atom stereocenters. The van der Waals surface area contributed by atoms with Crippen LogP contribution in [0.5, 0.6) is 0 Å². The Bertz CT molecular complexity index is 589. The summed E-state index contributed by atoms with van der Waals surface area (Å²) in [6.07, 6.45) is 3.90. The lowest BCUT2D eigenvalue weighted by molar-refractivity contribution is -0.384. The van der Waals surface area contributed by atoms with E-state index in [4.69, 9.17) is 0 Å². The first-order valence-electron chi connectivity index (χ1n) is 4.86. The number of benzene rings is 1. The van der Waals surface area contributed by atoms with Gasteiger partial charge in [0.15, 0.2) is 6.29 Å². The minimum atomic E-state index is -0.532. The molecule has 6 nitrogen and oxygen atoms in total. The van der Waals surface area contributed by atoms with Crippen molar-refractivity contribution in [1.82, 2.24) is 9.55 Å². The summed E-state index contributed by atoms with van der Waals surface area (Å²) in [6, 6.07) is 4.14. The molecule has 1 heterocycles. The molecule has 0 radical (unpaired) electrons. The summed E-state index contributed by atoms with van der Waals surface area (Å²) in [4.78, 5) is 25.0. The van der Waals surface area contributed by atoms with Crippen molar-refractivity contribution < 1.29 is 9.72 Å². The molecule has 0 aliphatic heterocycles. The second-order valence-corrected chi connectivity index (χ2v) is 3.54. The second-order valence-electron chi connectivity index (χ2n) is 3.54. The number of aldehydes is 1. The predicted molar refractivity (Wildman–Crippen MR) is 60.3 cm³/mol. The number of aryl methyl sites for hydroxylation is 1. The highest BCUT2D eigenvalue weighted by Gasteiger charge is 2.11. The normalized spacial score (nSPS) is 10.2. The molecule has 1 aromatic carbocycles. The van der Waals surface area contributed by atoms with Crippen molar-refractivity contribution in [1.29, 1.82) is 0 Å². The summed E-state index contributed by atoms with van der Waals surface area (Å²) in [5.41, 5.74) is 1.54. The van der Waals surface area contributed by atoms with Crippen molar-refractivity contribution >= 4 is 12.0 Å². The zero-order chi connectivity index (χ0) is 12.4. The first-order chi connectivity index (χ1) is 8.11. The summed E-state index contributed by atoms with van der Waals surface area (Å²) in [6.45, 7) is 1.82. The standard InChI is InChI=1S/C11H9N3O3/c1-8-5-13(7-12-8)11-3-2-10(14(16)17)4-9(11)6-15/h2-7H,1H3. The van der Waals surface area contributed by atoms with Crippen molar-refractivity contribution in [3.05, 3.63) is 52.1 Å². The van der Waals surface area contributed by atoms with Crippen LogP contribution in [-0.4, -0.2) is 20.8 Å². The molecule has 17 heavy (non-hydrogen) atoms. The van der Waals surface area contributed by atoms with E-state index in [-0.39, 0.29) is 11.3 Å². The summed E-state index contributed by atoms with van der Waals surface area (Å²) < 4.78 is 1.66. The summed E-state index contributed by atoms with van der Waals surface area (Å²) in [5.74, 6) is 0. The van der Waals surface area contributed by atoms with Crippen LogP contribution in [0.1, 0.15) is 16.1 Å². The van der Waals surface area contributed by atoms with Crippen LogP contribution >= 0.6 is 0 Å². The molecule has 0 saturated carbocycles. The lowest BCUT2D eigenvalue weighted by Gasteiger charge is -2.04. The van der Waals surface area contributed by atoms with Crippen LogP contribution in [0.3, 0.4) is 0 Å². The predicted octanol–water partition coefficient (Wildman–Crippen LogP) is 1.90. The largest absolute Gasteiger partial charge is 0.305 e. The van der Waals surface area contributed by atoms with E-state index >= 15 is 0 Å². The average Bonchev–Trinajstić information content (AvgIpc) is 2.74. The van der Waals surface area contributed by atoms with E-state index in [1.807, 2.05) is 6.92 Å². The summed E-state index contributed by atoms with van der Waals surface area (Å²) in [7, 11) is 0. The maximum atomic E-state index is 10.9. The SMILES string of the molecule is Cc1cn(-c2ccc([N+](=O)[O-])cc2C=O)cn1. The van der Waals surface area contributed by atoms with E-state index in [1.54, 1.807) is 17.1 Å². The topological polar surface area (TPSA) is 78.0 Å². The number of aromatic nitrogens is 2. The van der Waals surface area contributed by atoms with Gasteiger partial charge in [0.1, 0.15) is 0 Å². The number of non-ortho nitro benzene ring substituents is 1. The van der Waals surface area contributed by atoms with Gasteiger partial charge in [-0.3, -0.25) is 14.9 Å². The number of nitro groups is 1. The first-order valence-corrected chi connectivity index (χ1v) is 4.86. The zero-order valence-corrected chi connectivity index (χ0v) is 9.03. The van der Waals surface area contributed by atoms with Gasteiger partial charge in [-0.15, -0.1) is 0 Å². The third-order valence-electron chi connectivity index (χ3n) is 2.34. The minimum Gasteiger partial charge on any atom is -0.305 e. The van der Waals surface area contributed by atoms with E-state index < -0.39 is 4.92 Å². The van der Waals surface area contributed by atoms with E-state index in [2.05, 4.69) is 4.98 Å². The van der Waals surface area contributed by atoms with Crippen LogP contribution in [0.2, 0.25) is 0 Å². The molecule has 0 fully saturated rings. The van der Waals surface area contributed by atoms with Gasteiger partial charge in [0, 0.05) is 23.9 Å². The quantitative estimate of drug-likeness (QED) is 0.459. The van der Waals surface area contributed by atoms with Crippen LogP contribution < -0.4 is 0 Å². The fraction of sp³-hybridized carbons (Fsp3) is 0.0909. The molecule has 0 saturated heterocycles.